The van der Waals surface area contributed by atoms with Gasteiger partial charge in [0.2, 0.25) is 10.0 Å². The van der Waals surface area contributed by atoms with Gasteiger partial charge in [0.05, 0.1) is 11.6 Å². The lowest BCUT2D eigenvalue weighted by molar-refractivity contribution is 0.0711. The van der Waals surface area contributed by atoms with E-state index in [1.54, 1.807) is 49.1 Å². The number of amides is 1. The van der Waals surface area contributed by atoms with Gasteiger partial charge in [-0.05, 0) is 75.1 Å². The van der Waals surface area contributed by atoms with Gasteiger partial charge in [0, 0.05) is 29.7 Å². The van der Waals surface area contributed by atoms with Crippen LogP contribution in [0.25, 0.3) is 0 Å². The predicted molar refractivity (Wildman–Crippen MR) is 123 cm³/mol. The largest absolute Gasteiger partial charge is 0.494 e. The Balaban J connectivity index is 1.65. The SMILES string of the molecule is CCOc1ccc(C(=O)N2CCC(NS(=O)(=O)c3c(C)c(Cl)cc(C)c3Cl)CC2)cc1. The van der Waals surface area contributed by atoms with Gasteiger partial charge in [-0.1, -0.05) is 23.2 Å². The third kappa shape index (κ3) is 5.34. The van der Waals surface area contributed by atoms with Crippen molar-refractivity contribution in [2.24, 2.45) is 0 Å². The van der Waals surface area contributed by atoms with Crippen molar-refractivity contribution in [1.29, 1.82) is 0 Å². The fourth-order valence-corrected chi connectivity index (χ4v) is 6.17. The van der Waals surface area contributed by atoms with Gasteiger partial charge >= 0.3 is 0 Å². The van der Waals surface area contributed by atoms with Crippen LogP contribution < -0.4 is 9.46 Å². The molecule has 168 valence electrons. The molecule has 3 rings (SSSR count). The fraction of sp³-hybridized carbons (Fsp3) is 0.409. The summed E-state index contributed by atoms with van der Waals surface area (Å²) in [5.41, 5.74) is 1.61. The molecule has 1 amide bonds. The minimum atomic E-state index is -3.85. The molecule has 1 aliphatic heterocycles. The summed E-state index contributed by atoms with van der Waals surface area (Å²) in [6, 6.07) is 8.41. The zero-order valence-electron chi connectivity index (χ0n) is 17.7. The molecule has 0 aliphatic carbocycles. The molecule has 0 unspecified atom stereocenters. The number of nitrogens with zero attached hydrogens (tertiary/aromatic N) is 1. The Morgan fingerprint density at radius 1 is 1.16 bits per heavy atom. The number of rotatable bonds is 6. The molecule has 0 radical (unpaired) electrons. The van der Waals surface area contributed by atoms with Gasteiger partial charge in [0.25, 0.3) is 5.91 Å². The summed E-state index contributed by atoms with van der Waals surface area (Å²) in [5.74, 6) is 0.645. The number of aryl methyl sites for hydroxylation is 1. The number of carbonyl (C=O) groups excluding carboxylic acids is 1. The van der Waals surface area contributed by atoms with E-state index in [-0.39, 0.29) is 21.9 Å². The normalized spacial score (nSPS) is 15.2. The van der Waals surface area contributed by atoms with Crippen molar-refractivity contribution in [3.63, 3.8) is 0 Å². The number of ether oxygens (including phenoxy) is 1. The van der Waals surface area contributed by atoms with Crippen LogP contribution in [-0.2, 0) is 10.0 Å². The van der Waals surface area contributed by atoms with E-state index in [0.29, 0.717) is 54.3 Å². The maximum absolute atomic E-state index is 13.0. The highest BCUT2D eigenvalue weighted by molar-refractivity contribution is 7.89. The number of benzene rings is 2. The Bertz CT molecular complexity index is 1040. The second-order valence-corrected chi connectivity index (χ2v) is 10.0. The Hall–Kier alpha value is -1.80. The van der Waals surface area contributed by atoms with E-state index in [1.807, 2.05) is 6.92 Å². The predicted octanol–water partition coefficient (Wildman–Crippen LogP) is 4.59. The number of hydrogen-bond acceptors (Lipinski definition) is 4. The highest BCUT2D eigenvalue weighted by Gasteiger charge is 2.30. The molecule has 2 aromatic rings. The van der Waals surface area contributed by atoms with Gasteiger partial charge in [-0.25, -0.2) is 13.1 Å². The molecule has 1 N–H and O–H groups in total. The van der Waals surface area contributed by atoms with Gasteiger partial charge in [-0.15, -0.1) is 0 Å². The Morgan fingerprint density at radius 2 is 1.77 bits per heavy atom. The molecule has 0 atom stereocenters. The Kier molecular flexibility index (Phi) is 7.52. The highest BCUT2D eigenvalue weighted by atomic mass is 35.5. The van der Waals surface area contributed by atoms with Crippen molar-refractivity contribution in [3.8, 4) is 5.75 Å². The number of likely N-dealkylation sites (tertiary alicyclic amines) is 1. The second-order valence-electron chi connectivity index (χ2n) is 7.59. The molecule has 0 aromatic heterocycles. The number of nitrogens with one attached hydrogen (secondary N) is 1. The van der Waals surface area contributed by atoms with Crippen molar-refractivity contribution in [1.82, 2.24) is 9.62 Å². The van der Waals surface area contributed by atoms with Crippen LogP contribution in [0.5, 0.6) is 5.75 Å². The summed E-state index contributed by atoms with van der Waals surface area (Å²) in [6.07, 6.45) is 1.02. The van der Waals surface area contributed by atoms with Crippen LogP contribution in [0.15, 0.2) is 35.2 Å². The van der Waals surface area contributed by atoms with Crippen molar-refractivity contribution >= 4 is 39.1 Å². The number of carbonyl (C=O) groups is 1. The zero-order valence-corrected chi connectivity index (χ0v) is 20.1. The van der Waals surface area contributed by atoms with E-state index in [4.69, 9.17) is 27.9 Å². The summed E-state index contributed by atoms with van der Waals surface area (Å²) in [7, 11) is -3.85. The third-order valence-electron chi connectivity index (χ3n) is 5.37. The van der Waals surface area contributed by atoms with E-state index in [2.05, 4.69) is 4.72 Å². The Morgan fingerprint density at radius 3 is 2.35 bits per heavy atom. The molecule has 31 heavy (non-hydrogen) atoms. The van der Waals surface area contributed by atoms with Crippen molar-refractivity contribution in [2.45, 2.75) is 44.6 Å². The van der Waals surface area contributed by atoms with E-state index < -0.39 is 10.0 Å². The van der Waals surface area contributed by atoms with E-state index >= 15 is 0 Å². The van der Waals surface area contributed by atoms with Gasteiger partial charge in [-0.2, -0.15) is 0 Å². The monoisotopic (exact) mass is 484 g/mol. The summed E-state index contributed by atoms with van der Waals surface area (Å²) in [4.78, 5) is 14.5. The van der Waals surface area contributed by atoms with Crippen LogP contribution in [0.1, 0.15) is 41.3 Å². The number of halogens is 2. The van der Waals surface area contributed by atoms with E-state index in [1.165, 1.54) is 0 Å². The number of hydrogen-bond donors (Lipinski definition) is 1. The molecule has 9 heteroatoms. The molecule has 0 spiro atoms. The molecule has 0 bridgehead atoms. The van der Waals surface area contributed by atoms with Crippen LogP contribution >= 0.6 is 23.2 Å². The van der Waals surface area contributed by atoms with Crippen molar-refractivity contribution in [2.75, 3.05) is 19.7 Å². The minimum absolute atomic E-state index is 0.0204. The fourth-order valence-electron chi connectivity index (χ4n) is 3.66. The smallest absolute Gasteiger partial charge is 0.253 e. The van der Waals surface area contributed by atoms with Gasteiger partial charge < -0.3 is 9.64 Å². The van der Waals surface area contributed by atoms with E-state index in [0.717, 1.165) is 5.75 Å². The van der Waals surface area contributed by atoms with Crippen molar-refractivity contribution in [3.05, 3.63) is 57.1 Å². The minimum Gasteiger partial charge on any atom is -0.494 e. The maximum atomic E-state index is 13.0. The van der Waals surface area contributed by atoms with Crippen molar-refractivity contribution < 1.29 is 17.9 Å². The molecular weight excluding hydrogens is 459 g/mol. The first-order chi connectivity index (χ1) is 14.6. The molecule has 1 saturated heterocycles. The summed E-state index contributed by atoms with van der Waals surface area (Å²) < 4.78 is 34.2. The average molecular weight is 485 g/mol. The van der Waals surface area contributed by atoms with Crippen LogP contribution in [0, 0.1) is 13.8 Å². The topological polar surface area (TPSA) is 75.7 Å². The van der Waals surface area contributed by atoms with Crippen LogP contribution in [-0.4, -0.2) is 45.0 Å². The summed E-state index contributed by atoms with van der Waals surface area (Å²) >= 11 is 12.5. The third-order valence-corrected chi connectivity index (χ3v) is 8.06. The lowest BCUT2D eigenvalue weighted by Gasteiger charge is -2.32. The average Bonchev–Trinajstić information content (AvgIpc) is 2.73. The van der Waals surface area contributed by atoms with Crippen LogP contribution in [0.4, 0.5) is 0 Å². The first kappa shape index (κ1) is 23.9. The van der Waals surface area contributed by atoms with Crippen LogP contribution in [0.3, 0.4) is 0 Å². The Labute approximate surface area is 193 Å². The molecule has 1 heterocycles. The number of sulfonamides is 1. The lowest BCUT2D eigenvalue weighted by Crippen LogP contribution is -2.46. The summed E-state index contributed by atoms with van der Waals surface area (Å²) in [6.45, 7) is 6.75. The molecule has 1 aliphatic rings. The number of piperidine rings is 1. The quantitative estimate of drug-likeness (QED) is 0.650. The molecule has 2 aromatic carbocycles. The molecular formula is C22H26Cl2N2O4S. The highest BCUT2D eigenvalue weighted by Crippen LogP contribution is 2.33. The summed E-state index contributed by atoms with van der Waals surface area (Å²) in [5, 5.41) is 0.538. The second kappa shape index (κ2) is 9.77. The van der Waals surface area contributed by atoms with Crippen LogP contribution in [0.2, 0.25) is 10.0 Å². The molecule has 0 saturated carbocycles. The zero-order chi connectivity index (χ0) is 22.8. The first-order valence-corrected chi connectivity index (χ1v) is 12.4. The maximum Gasteiger partial charge on any atom is 0.253 e. The first-order valence-electron chi connectivity index (χ1n) is 10.1. The standard InChI is InChI=1S/C22H26Cl2N2O4S/c1-4-30-18-7-5-16(6-8-18)22(27)26-11-9-17(10-12-26)25-31(28,29)21-15(3)19(23)13-14(2)20(21)24/h5-8,13,17,25H,4,9-12H2,1-3H3. The van der Waals surface area contributed by atoms with Gasteiger partial charge in [0.15, 0.2) is 0 Å². The van der Waals surface area contributed by atoms with E-state index in [9.17, 15) is 13.2 Å². The molecule has 6 nitrogen and oxygen atoms in total. The molecule has 1 fully saturated rings. The van der Waals surface area contributed by atoms with Gasteiger partial charge in [0.1, 0.15) is 10.6 Å². The lowest BCUT2D eigenvalue weighted by atomic mass is 10.0. The van der Waals surface area contributed by atoms with Gasteiger partial charge in [-0.3, -0.25) is 4.79 Å².